The minimum absolute atomic E-state index is 0.109. The molecule has 1 amide bonds. The molecule has 4 rings (SSSR count). The summed E-state index contributed by atoms with van der Waals surface area (Å²) in [4.78, 5) is 34.4. The maximum absolute atomic E-state index is 13.3. The molecule has 160 valence electrons. The number of carbonyl (C=O) groups is 2. The molecule has 2 aromatic carbocycles. The normalized spacial score (nSPS) is 10.8. The van der Waals surface area contributed by atoms with Crippen LogP contribution in [0.15, 0.2) is 67.0 Å². The Bertz CT molecular complexity index is 1300. The van der Waals surface area contributed by atoms with Crippen molar-refractivity contribution in [1.82, 2.24) is 9.97 Å². The number of pyridine rings is 2. The summed E-state index contributed by atoms with van der Waals surface area (Å²) >= 11 is 0. The molecule has 0 aliphatic rings. The lowest BCUT2D eigenvalue weighted by molar-refractivity contribution is 0.0980. The number of Topliss-reactive ketones (excluding diaryl/α,β-unsaturated/α-hetero) is 1. The minimum atomic E-state index is -0.222. The van der Waals surface area contributed by atoms with E-state index in [9.17, 15) is 9.59 Å². The molecule has 0 radical (unpaired) electrons. The van der Waals surface area contributed by atoms with Crippen LogP contribution in [0, 0.1) is 13.8 Å². The molecule has 0 aliphatic carbocycles. The van der Waals surface area contributed by atoms with Gasteiger partial charge in [-0.15, -0.1) is 0 Å². The van der Waals surface area contributed by atoms with Crippen LogP contribution in [0.3, 0.4) is 0 Å². The zero-order valence-electron chi connectivity index (χ0n) is 18.5. The molecule has 2 heterocycles. The van der Waals surface area contributed by atoms with Crippen molar-refractivity contribution in [1.29, 1.82) is 0 Å². The second-order valence-electron chi connectivity index (χ2n) is 7.98. The Morgan fingerprint density at radius 3 is 2.47 bits per heavy atom. The molecule has 0 saturated heterocycles. The molecule has 5 nitrogen and oxygen atoms in total. The summed E-state index contributed by atoms with van der Waals surface area (Å²) < 4.78 is 0. The van der Waals surface area contributed by atoms with Crippen LogP contribution < -0.4 is 5.32 Å². The van der Waals surface area contributed by atoms with Crippen molar-refractivity contribution in [3.8, 4) is 11.3 Å². The first kappa shape index (κ1) is 21.4. The lowest BCUT2D eigenvalue weighted by atomic mass is 9.99. The molecule has 0 saturated carbocycles. The molecule has 0 bridgehead atoms. The van der Waals surface area contributed by atoms with Gasteiger partial charge in [-0.25, -0.2) is 4.98 Å². The van der Waals surface area contributed by atoms with E-state index in [4.69, 9.17) is 4.98 Å². The molecule has 0 unspecified atom stereocenters. The van der Waals surface area contributed by atoms with Crippen LogP contribution in [0.5, 0.6) is 0 Å². The molecule has 0 aliphatic heterocycles. The fourth-order valence-corrected chi connectivity index (χ4v) is 3.84. The van der Waals surface area contributed by atoms with Gasteiger partial charge in [0.05, 0.1) is 16.8 Å². The Hall–Kier alpha value is -3.86. The second-order valence-corrected chi connectivity index (χ2v) is 7.98. The number of nitrogens with one attached hydrogen (secondary N) is 1. The van der Waals surface area contributed by atoms with Crippen molar-refractivity contribution >= 4 is 28.3 Å². The maximum atomic E-state index is 13.3. The van der Waals surface area contributed by atoms with Crippen molar-refractivity contribution in [3.05, 3.63) is 89.2 Å². The molecular formula is C27H25N3O2. The van der Waals surface area contributed by atoms with Crippen LogP contribution in [0.4, 0.5) is 5.69 Å². The molecule has 5 heteroatoms. The van der Waals surface area contributed by atoms with Crippen molar-refractivity contribution in [3.63, 3.8) is 0 Å². The topological polar surface area (TPSA) is 72.0 Å². The lowest BCUT2D eigenvalue weighted by Crippen LogP contribution is -2.13. The van der Waals surface area contributed by atoms with E-state index in [-0.39, 0.29) is 11.7 Å². The first-order chi connectivity index (χ1) is 15.5. The molecular weight excluding hydrogens is 398 g/mol. The summed E-state index contributed by atoms with van der Waals surface area (Å²) in [5, 5.41) is 3.78. The Balaban J connectivity index is 1.74. The molecule has 32 heavy (non-hydrogen) atoms. The highest BCUT2D eigenvalue weighted by atomic mass is 16.1. The number of rotatable bonds is 6. The first-order valence-electron chi connectivity index (χ1n) is 10.7. The van der Waals surface area contributed by atoms with Gasteiger partial charge >= 0.3 is 0 Å². The largest absolute Gasteiger partial charge is 0.322 e. The van der Waals surface area contributed by atoms with E-state index in [1.54, 1.807) is 36.7 Å². The number of carbonyl (C=O) groups excluding carboxylic acids is 2. The third-order valence-corrected chi connectivity index (χ3v) is 5.39. The Labute approximate surface area is 187 Å². The monoisotopic (exact) mass is 423 g/mol. The number of nitrogens with zero attached hydrogens (tertiary/aromatic N) is 2. The predicted molar refractivity (Wildman–Crippen MR) is 128 cm³/mol. The third-order valence-electron chi connectivity index (χ3n) is 5.39. The summed E-state index contributed by atoms with van der Waals surface area (Å²) in [5.41, 5.74) is 6.27. The van der Waals surface area contributed by atoms with Crippen LogP contribution in [-0.4, -0.2) is 21.7 Å². The number of hydrogen-bond acceptors (Lipinski definition) is 4. The van der Waals surface area contributed by atoms with E-state index < -0.39 is 0 Å². The van der Waals surface area contributed by atoms with Crippen molar-refractivity contribution < 1.29 is 9.59 Å². The van der Waals surface area contributed by atoms with Gasteiger partial charge in [0.1, 0.15) is 0 Å². The summed E-state index contributed by atoms with van der Waals surface area (Å²) in [6.07, 6.45) is 4.78. The zero-order valence-corrected chi connectivity index (χ0v) is 18.5. The van der Waals surface area contributed by atoms with Crippen LogP contribution >= 0.6 is 0 Å². The van der Waals surface area contributed by atoms with Crippen molar-refractivity contribution in [2.45, 2.75) is 33.6 Å². The molecule has 1 N–H and O–H groups in total. The van der Waals surface area contributed by atoms with E-state index in [0.717, 1.165) is 34.0 Å². The fraction of sp³-hybridized carbons (Fsp3) is 0.185. The summed E-state index contributed by atoms with van der Waals surface area (Å²) in [5.74, 6) is -0.113. The molecule has 4 aromatic rings. The number of fused-ring (bicyclic) bond motifs is 1. The van der Waals surface area contributed by atoms with Gasteiger partial charge in [0, 0.05) is 41.0 Å². The Kier molecular flexibility index (Phi) is 6.08. The summed E-state index contributed by atoms with van der Waals surface area (Å²) in [6.45, 7) is 5.99. The highest BCUT2D eigenvalue weighted by molar-refractivity contribution is 6.13. The highest BCUT2D eigenvalue weighted by Crippen LogP contribution is 2.28. The average Bonchev–Trinajstić information content (AvgIpc) is 2.79. The van der Waals surface area contributed by atoms with Gasteiger partial charge < -0.3 is 5.32 Å². The van der Waals surface area contributed by atoms with Gasteiger partial charge in [0.2, 0.25) is 0 Å². The first-order valence-corrected chi connectivity index (χ1v) is 10.7. The second kappa shape index (κ2) is 9.10. The predicted octanol–water partition coefficient (Wildman–Crippen LogP) is 6.15. The van der Waals surface area contributed by atoms with E-state index in [2.05, 4.69) is 16.4 Å². The number of ketones is 1. The van der Waals surface area contributed by atoms with Crippen LogP contribution in [0.2, 0.25) is 0 Å². The number of anilines is 1. The smallest absolute Gasteiger partial charge is 0.256 e. The van der Waals surface area contributed by atoms with Gasteiger partial charge in [0.25, 0.3) is 5.91 Å². The van der Waals surface area contributed by atoms with Crippen molar-refractivity contribution in [2.75, 3.05) is 5.32 Å². The van der Waals surface area contributed by atoms with E-state index >= 15 is 0 Å². The van der Waals surface area contributed by atoms with Crippen LogP contribution in [0.1, 0.15) is 51.6 Å². The fourth-order valence-electron chi connectivity index (χ4n) is 3.84. The van der Waals surface area contributed by atoms with E-state index in [1.807, 2.05) is 45.0 Å². The zero-order chi connectivity index (χ0) is 22.7. The molecule has 0 fully saturated rings. The van der Waals surface area contributed by atoms with E-state index in [0.29, 0.717) is 28.9 Å². The Morgan fingerprint density at radius 2 is 1.78 bits per heavy atom. The van der Waals surface area contributed by atoms with Crippen LogP contribution in [0.25, 0.3) is 22.2 Å². The number of amides is 1. The maximum Gasteiger partial charge on any atom is 0.256 e. The molecule has 2 aromatic heterocycles. The Morgan fingerprint density at radius 1 is 1.00 bits per heavy atom. The quantitative estimate of drug-likeness (QED) is 0.378. The van der Waals surface area contributed by atoms with Gasteiger partial charge in [0.15, 0.2) is 5.78 Å². The van der Waals surface area contributed by atoms with Gasteiger partial charge in [-0.3, -0.25) is 14.6 Å². The third kappa shape index (κ3) is 4.42. The number of hydrogen-bond donors (Lipinski definition) is 1. The minimum Gasteiger partial charge on any atom is -0.322 e. The van der Waals surface area contributed by atoms with Gasteiger partial charge in [-0.05, 0) is 74.4 Å². The average molecular weight is 424 g/mol. The standard InChI is InChI=1S/C27H25N3O2/c1-4-6-25(31)19-8-10-21(11-9-19)29-27(32)23-15-24(20-7-5-12-28-16-20)30-26-18(3)13-17(2)14-22(23)26/h5,7-16H,4,6H2,1-3H3,(H,29,32). The SMILES string of the molecule is CCCC(=O)c1ccc(NC(=O)c2cc(-c3cccnc3)nc3c(C)cc(C)cc23)cc1. The highest BCUT2D eigenvalue weighted by Gasteiger charge is 2.16. The molecule has 0 atom stereocenters. The number of aryl methyl sites for hydroxylation is 2. The number of benzene rings is 2. The summed E-state index contributed by atoms with van der Waals surface area (Å²) in [7, 11) is 0. The van der Waals surface area contributed by atoms with Crippen molar-refractivity contribution in [2.24, 2.45) is 0 Å². The lowest BCUT2D eigenvalue weighted by Gasteiger charge is -2.13. The van der Waals surface area contributed by atoms with Gasteiger partial charge in [-0.2, -0.15) is 0 Å². The summed E-state index contributed by atoms with van der Waals surface area (Å²) in [6, 6.07) is 16.7. The van der Waals surface area contributed by atoms with E-state index in [1.165, 1.54) is 0 Å². The molecule has 0 spiro atoms. The number of aromatic nitrogens is 2. The van der Waals surface area contributed by atoms with Crippen LogP contribution in [-0.2, 0) is 0 Å². The van der Waals surface area contributed by atoms with Gasteiger partial charge in [-0.1, -0.05) is 18.6 Å².